The normalized spacial score (nSPS) is 29.0. The van der Waals surface area contributed by atoms with Crippen LogP contribution < -0.4 is 0 Å². The first-order valence-electron chi connectivity index (χ1n) is 4.65. The lowest BCUT2D eigenvalue weighted by molar-refractivity contribution is -0.135. The van der Waals surface area contributed by atoms with Crippen LogP contribution in [0.1, 0.15) is 19.8 Å². The van der Waals surface area contributed by atoms with Crippen molar-refractivity contribution in [2.45, 2.75) is 25.9 Å². The van der Waals surface area contributed by atoms with E-state index in [0.29, 0.717) is 24.2 Å². The molecule has 13 heavy (non-hydrogen) atoms. The number of carbonyl (C=O) groups is 1. The van der Waals surface area contributed by atoms with E-state index in [1.165, 1.54) is 0 Å². The lowest BCUT2D eigenvalue weighted by Gasteiger charge is -2.34. The maximum Gasteiger partial charge on any atom is 0.223 e. The summed E-state index contributed by atoms with van der Waals surface area (Å²) >= 11 is 3.24. The first-order chi connectivity index (χ1) is 6.13. The second kappa shape index (κ2) is 4.96. The van der Waals surface area contributed by atoms with Gasteiger partial charge in [0.15, 0.2) is 0 Å². The zero-order chi connectivity index (χ0) is 9.84. The number of nitrogens with zero attached hydrogens (tertiary/aromatic N) is 1. The lowest BCUT2D eigenvalue weighted by Crippen LogP contribution is -2.45. The summed E-state index contributed by atoms with van der Waals surface area (Å²) in [5, 5.41) is 10.2. The van der Waals surface area contributed by atoms with Crippen molar-refractivity contribution in [3.63, 3.8) is 0 Å². The molecule has 0 aromatic heterocycles. The number of rotatable bonds is 2. The van der Waals surface area contributed by atoms with Gasteiger partial charge in [-0.3, -0.25) is 4.79 Å². The molecule has 0 aromatic rings. The van der Waals surface area contributed by atoms with Crippen LogP contribution in [0.4, 0.5) is 0 Å². The first-order valence-corrected chi connectivity index (χ1v) is 5.77. The van der Waals surface area contributed by atoms with E-state index in [1.807, 2.05) is 0 Å². The summed E-state index contributed by atoms with van der Waals surface area (Å²) in [7, 11) is 0. The molecule has 2 unspecified atom stereocenters. The number of hydrogen-bond acceptors (Lipinski definition) is 2. The van der Waals surface area contributed by atoms with Crippen LogP contribution in [-0.2, 0) is 4.79 Å². The zero-order valence-electron chi connectivity index (χ0n) is 7.87. The van der Waals surface area contributed by atoms with Crippen LogP contribution in [0, 0.1) is 5.92 Å². The summed E-state index contributed by atoms with van der Waals surface area (Å²) in [4.78, 5) is 13.2. The largest absolute Gasteiger partial charge is 0.391 e. The number of alkyl halides is 1. The van der Waals surface area contributed by atoms with Gasteiger partial charge in [0, 0.05) is 24.8 Å². The Bertz CT molecular complexity index is 176. The highest BCUT2D eigenvalue weighted by Gasteiger charge is 2.25. The Balaban J connectivity index is 2.45. The van der Waals surface area contributed by atoms with Crippen molar-refractivity contribution in [3.8, 4) is 0 Å². The van der Waals surface area contributed by atoms with Crippen molar-refractivity contribution in [1.82, 2.24) is 4.90 Å². The fourth-order valence-corrected chi connectivity index (χ4v) is 2.10. The molecule has 0 bridgehead atoms. The van der Waals surface area contributed by atoms with E-state index < -0.39 is 0 Å². The molecule has 0 saturated carbocycles. The quantitative estimate of drug-likeness (QED) is 0.743. The average Bonchev–Trinajstić information content (AvgIpc) is 2.03. The Hall–Kier alpha value is -0.0900. The average molecular weight is 250 g/mol. The maximum absolute atomic E-state index is 11.5. The fourth-order valence-electron chi connectivity index (χ4n) is 1.76. The third kappa shape index (κ3) is 3.27. The number of aliphatic hydroxyl groups excluding tert-OH is 1. The van der Waals surface area contributed by atoms with Crippen LogP contribution in [-0.4, -0.2) is 40.4 Å². The van der Waals surface area contributed by atoms with Crippen molar-refractivity contribution in [2.24, 2.45) is 5.92 Å². The highest BCUT2D eigenvalue weighted by Crippen LogP contribution is 2.16. The highest BCUT2D eigenvalue weighted by molar-refractivity contribution is 9.09. The third-order valence-electron chi connectivity index (χ3n) is 2.30. The molecule has 0 radical (unpaired) electrons. The van der Waals surface area contributed by atoms with Crippen LogP contribution >= 0.6 is 15.9 Å². The Morgan fingerprint density at radius 3 is 2.85 bits per heavy atom. The van der Waals surface area contributed by atoms with Crippen molar-refractivity contribution in [3.05, 3.63) is 0 Å². The van der Waals surface area contributed by atoms with Gasteiger partial charge in [-0.1, -0.05) is 22.9 Å². The summed E-state index contributed by atoms with van der Waals surface area (Å²) in [6.07, 6.45) is 1.01. The number of amides is 1. The number of piperidine rings is 1. The standard InChI is InChI=1S/C9H16BrNO2/c1-7-4-8(12)6-11(5-7)9(13)2-3-10/h7-8,12H,2-6H2,1H3. The van der Waals surface area contributed by atoms with Gasteiger partial charge in [0.2, 0.25) is 5.91 Å². The fraction of sp³-hybridized carbons (Fsp3) is 0.889. The Labute approximate surface area is 87.2 Å². The minimum atomic E-state index is -0.331. The second-order valence-electron chi connectivity index (χ2n) is 3.73. The van der Waals surface area contributed by atoms with Crippen LogP contribution in [0.25, 0.3) is 0 Å². The molecule has 4 heteroatoms. The molecule has 0 aromatic carbocycles. The van der Waals surface area contributed by atoms with E-state index in [0.717, 1.165) is 13.0 Å². The molecule has 1 rings (SSSR count). The SMILES string of the molecule is CC1CC(O)CN(C(=O)CCBr)C1. The molecule has 1 aliphatic rings. The van der Waals surface area contributed by atoms with E-state index in [4.69, 9.17) is 0 Å². The number of β-amino-alcohol motifs (C(OH)–C–C–N with tert-alkyl or cyclic N) is 1. The van der Waals surface area contributed by atoms with Gasteiger partial charge in [-0.05, 0) is 12.3 Å². The topological polar surface area (TPSA) is 40.5 Å². The number of aliphatic hydroxyl groups is 1. The van der Waals surface area contributed by atoms with Crippen LogP contribution in [0.2, 0.25) is 0 Å². The van der Waals surface area contributed by atoms with E-state index in [-0.39, 0.29) is 12.0 Å². The molecule has 1 N–H and O–H groups in total. The maximum atomic E-state index is 11.5. The molecule has 76 valence electrons. The Morgan fingerprint density at radius 2 is 2.31 bits per heavy atom. The molecule has 0 spiro atoms. The Kier molecular flexibility index (Phi) is 4.19. The van der Waals surface area contributed by atoms with Crippen LogP contribution in [0.5, 0.6) is 0 Å². The summed E-state index contributed by atoms with van der Waals surface area (Å²) in [6.45, 7) is 3.37. The molecule has 1 aliphatic heterocycles. The van der Waals surface area contributed by atoms with Crippen LogP contribution in [0.15, 0.2) is 0 Å². The predicted octanol–water partition coefficient (Wildman–Crippen LogP) is 1.00. The van der Waals surface area contributed by atoms with Gasteiger partial charge in [-0.25, -0.2) is 0 Å². The molecule has 1 amide bonds. The minimum Gasteiger partial charge on any atom is -0.391 e. The van der Waals surface area contributed by atoms with Gasteiger partial charge >= 0.3 is 0 Å². The third-order valence-corrected chi connectivity index (χ3v) is 2.70. The molecule has 2 atom stereocenters. The summed E-state index contributed by atoms with van der Waals surface area (Å²) in [5.41, 5.74) is 0. The lowest BCUT2D eigenvalue weighted by atomic mass is 9.98. The van der Waals surface area contributed by atoms with Crippen LogP contribution in [0.3, 0.4) is 0 Å². The molecule has 1 saturated heterocycles. The van der Waals surface area contributed by atoms with Gasteiger partial charge in [0.25, 0.3) is 0 Å². The van der Waals surface area contributed by atoms with E-state index >= 15 is 0 Å². The summed E-state index contributed by atoms with van der Waals surface area (Å²) in [6, 6.07) is 0. The van der Waals surface area contributed by atoms with Gasteiger partial charge in [-0.15, -0.1) is 0 Å². The van der Waals surface area contributed by atoms with E-state index in [2.05, 4.69) is 22.9 Å². The number of likely N-dealkylation sites (tertiary alicyclic amines) is 1. The second-order valence-corrected chi connectivity index (χ2v) is 4.53. The molecule has 1 heterocycles. The van der Waals surface area contributed by atoms with Gasteiger partial charge in [-0.2, -0.15) is 0 Å². The monoisotopic (exact) mass is 249 g/mol. The zero-order valence-corrected chi connectivity index (χ0v) is 9.46. The van der Waals surface area contributed by atoms with Gasteiger partial charge in [0.05, 0.1) is 6.10 Å². The minimum absolute atomic E-state index is 0.141. The first kappa shape index (κ1) is 11.0. The molecular weight excluding hydrogens is 234 g/mol. The smallest absolute Gasteiger partial charge is 0.223 e. The van der Waals surface area contributed by atoms with Gasteiger partial charge < -0.3 is 10.0 Å². The number of halogens is 1. The predicted molar refractivity (Wildman–Crippen MR) is 54.8 cm³/mol. The molecule has 0 aliphatic carbocycles. The summed E-state index contributed by atoms with van der Waals surface area (Å²) in [5.74, 6) is 0.561. The molecule has 1 fully saturated rings. The van der Waals surface area contributed by atoms with Crippen molar-refractivity contribution in [1.29, 1.82) is 0 Å². The molecule has 3 nitrogen and oxygen atoms in total. The van der Waals surface area contributed by atoms with Crippen molar-refractivity contribution >= 4 is 21.8 Å². The van der Waals surface area contributed by atoms with Crippen molar-refractivity contribution < 1.29 is 9.90 Å². The number of hydrogen-bond donors (Lipinski definition) is 1. The highest BCUT2D eigenvalue weighted by atomic mass is 79.9. The van der Waals surface area contributed by atoms with Gasteiger partial charge in [0.1, 0.15) is 0 Å². The van der Waals surface area contributed by atoms with E-state index in [1.54, 1.807) is 4.90 Å². The van der Waals surface area contributed by atoms with Crippen molar-refractivity contribution in [2.75, 3.05) is 18.4 Å². The van der Waals surface area contributed by atoms with E-state index in [9.17, 15) is 9.90 Å². The summed E-state index contributed by atoms with van der Waals surface area (Å²) < 4.78 is 0. The molecular formula is C9H16BrNO2. The number of carbonyl (C=O) groups excluding carboxylic acids is 1. The Morgan fingerprint density at radius 1 is 1.62 bits per heavy atom.